The van der Waals surface area contributed by atoms with Crippen molar-refractivity contribution in [2.75, 3.05) is 7.11 Å². The van der Waals surface area contributed by atoms with E-state index in [-0.39, 0.29) is 0 Å². The normalized spacial score (nSPS) is 23.1. The average molecular weight is 277 g/mol. The van der Waals surface area contributed by atoms with E-state index < -0.39 is 0 Å². The Morgan fingerprint density at radius 1 is 1.47 bits per heavy atom. The third kappa shape index (κ3) is 2.39. The van der Waals surface area contributed by atoms with E-state index in [1.807, 2.05) is 12.1 Å². The minimum Gasteiger partial charge on any atom is -0.481 e. The van der Waals surface area contributed by atoms with Crippen LogP contribution in [0.1, 0.15) is 26.2 Å². The molecule has 0 spiro atoms. The van der Waals surface area contributed by atoms with Gasteiger partial charge in [-0.1, -0.05) is 13.3 Å². The number of aromatic nitrogens is 3. The molecule has 1 fully saturated rings. The molecule has 2 aromatic heterocycles. The molecule has 0 aliphatic heterocycles. The van der Waals surface area contributed by atoms with Crippen molar-refractivity contribution >= 4 is 23.4 Å². The summed E-state index contributed by atoms with van der Waals surface area (Å²) in [5.74, 6) is 2.19. The highest BCUT2D eigenvalue weighted by Crippen LogP contribution is 2.32. The van der Waals surface area contributed by atoms with E-state index in [0.717, 1.165) is 28.4 Å². The van der Waals surface area contributed by atoms with Crippen molar-refractivity contribution in [2.45, 2.75) is 32.7 Å². The lowest BCUT2D eigenvalue weighted by Gasteiger charge is -2.11. The van der Waals surface area contributed by atoms with Gasteiger partial charge in [0.1, 0.15) is 0 Å². The maximum Gasteiger partial charge on any atom is 0.215 e. The molecule has 2 atom stereocenters. The Kier molecular flexibility index (Phi) is 3.31. The Morgan fingerprint density at radius 2 is 2.32 bits per heavy atom. The SMILES string of the molecule is COc1ccc2[nH]c(=S)n(CC3CCC(C)C3)c2n1. The fourth-order valence-corrected chi connectivity index (χ4v) is 3.32. The molecule has 102 valence electrons. The Labute approximate surface area is 117 Å². The zero-order valence-corrected chi connectivity index (χ0v) is 12.2. The van der Waals surface area contributed by atoms with E-state index in [9.17, 15) is 0 Å². The first kappa shape index (κ1) is 12.7. The van der Waals surface area contributed by atoms with Gasteiger partial charge < -0.3 is 14.3 Å². The zero-order valence-electron chi connectivity index (χ0n) is 11.3. The van der Waals surface area contributed by atoms with Crippen LogP contribution in [-0.2, 0) is 6.54 Å². The summed E-state index contributed by atoms with van der Waals surface area (Å²) in [5, 5.41) is 0. The number of methoxy groups -OCH3 is 1. The van der Waals surface area contributed by atoms with Crippen LogP contribution in [0.25, 0.3) is 11.2 Å². The summed E-state index contributed by atoms with van der Waals surface area (Å²) in [5.41, 5.74) is 1.89. The minimum absolute atomic E-state index is 0.634. The fraction of sp³-hybridized carbons (Fsp3) is 0.571. The third-order valence-corrected chi connectivity index (χ3v) is 4.37. The molecule has 1 aliphatic carbocycles. The molecular weight excluding hydrogens is 258 g/mol. The van der Waals surface area contributed by atoms with Gasteiger partial charge >= 0.3 is 0 Å². The number of fused-ring (bicyclic) bond motifs is 1. The molecule has 1 saturated carbocycles. The maximum atomic E-state index is 5.42. The molecule has 0 saturated heterocycles. The van der Waals surface area contributed by atoms with Crippen molar-refractivity contribution < 1.29 is 4.74 Å². The van der Waals surface area contributed by atoms with E-state index in [0.29, 0.717) is 11.8 Å². The zero-order chi connectivity index (χ0) is 13.4. The summed E-state index contributed by atoms with van der Waals surface area (Å²) in [6, 6.07) is 3.83. The maximum absolute atomic E-state index is 5.42. The van der Waals surface area contributed by atoms with Crippen LogP contribution in [0.5, 0.6) is 5.88 Å². The number of H-pyrrole nitrogens is 1. The second-order valence-electron chi connectivity index (χ2n) is 5.55. The molecule has 2 unspecified atom stereocenters. The second-order valence-corrected chi connectivity index (χ2v) is 5.94. The van der Waals surface area contributed by atoms with Crippen molar-refractivity contribution in [3.63, 3.8) is 0 Å². The summed E-state index contributed by atoms with van der Waals surface area (Å²) in [7, 11) is 1.64. The Balaban J connectivity index is 1.97. The molecule has 3 rings (SSSR count). The van der Waals surface area contributed by atoms with E-state index in [1.54, 1.807) is 7.11 Å². The number of ether oxygens (including phenoxy) is 1. The van der Waals surface area contributed by atoms with Crippen molar-refractivity contribution in [2.24, 2.45) is 11.8 Å². The van der Waals surface area contributed by atoms with Crippen molar-refractivity contribution in [1.29, 1.82) is 0 Å². The van der Waals surface area contributed by atoms with E-state index >= 15 is 0 Å². The quantitative estimate of drug-likeness (QED) is 0.873. The molecule has 5 heteroatoms. The highest BCUT2D eigenvalue weighted by Gasteiger charge is 2.22. The monoisotopic (exact) mass is 277 g/mol. The highest BCUT2D eigenvalue weighted by molar-refractivity contribution is 7.71. The van der Waals surface area contributed by atoms with E-state index in [1.165, 1.54) is 19.3 Å². The van der Waals surface area contributed by atoms with Gasteiger partial charge in [0.25, 0.3) is 0 Å². The number of hydrogen-bond donors (Lipinski definition) is 1. The average Bonchev–Trinajstić information content (AvgIpc) is 2.94. The van der Waals surface area contributed by atoms with Gasteiger partial charge in [0.05, 0.1) is 12.6 Å². The molecule has 0 bridgehead atoms. The molecular formula is C14H19N3OS. The minimum atomic E-state index is 0.634. The Morgan fingerprint density at radius 3 is 3.00 bits per heavy atom. The fourth-order valence-electron chi connectivity index (χ4n) is 3.05. The van der Waals surface area contributed by atoms with Gasteiger partial charge in [-0.25, -0.2) is 0 Å². The predicted octanol–water partition coefficient (Wildman–Crippen LogP) is 3.54. The van der Waals surface area contributed by atoms with E-state index in [4.69, 9.17) is 17.0 Å². The Hall–Kier alpha value is -1.36. The molecule has 1 aliphatic rings. The van der Waals surface area contributed by atoms with Crippen LogP contribution in [0, 0.1) is 16.6 Å². The summed E-state index contributed by atoms with van der Waals surface area (Å²) in [6.07, 6.45) is 3.91. The van der Waals surface area contributed by atoms with Gasteiger partial charge in [0.2, 0.25) is 5.88 Å². The molecule has 4 nitrogen and oxygen atoms in total. The topological polar surface area (TPSA) is 42.8 Å². The third-order valence-electron chi connectivity index (χ3n) is 4.05. The van der Waals surface area contributed by atoms with Crippen molar-refractivity contribution in [3.05, 3.63) is 16.9 Å². The van der Waals surface area contributed by atoms with Gasteiger partial charge in [0.15, 0.2) is 10.4 Å². The van der Waals surface area contributed by atoms with Gasteiger partial charge in [-0.05, 0) is 43.0 Å². The van der Waals surface area contributed by atoms with Crippen molar-refractivity contribution in [3.8, 4) is 5.88 Å². The largest absolute Gasteiger partial charge is 0.481 e. The summed E-state index contributed by atoms with van der Waals surface area (Å²) >= 11 is 5.42. The van der Waals surface area contributed by atoms with Crippen LogP contribution in [0.4, 0.5) is 0 Å². The number of rotatable bonds is 3. The predicted molar refractivity (Wildman–Crippen MR) is 78.0 cm³/mol. The summed E-state index contributed by atoms with van der Waals surface area (Å²) in [4.78, 5) is 7.74. The highest BCUT2D eigenvalue weighted by atomic mass is 32.1. The molecule has 0 amide bonds. The van der Waals surface area contributed by atoms with Gasteiger partial charge in [-0.15, -0.1) is 0 Å². The summed E-state index contributed by atoms with van der Waals surface area (Å²) < 4.78 is 8.08. The molecule has 0 aromatic carbocycles. The smallest absolute Gasteiger partial charge is 0.215 e. The number of nitrogens with one attached hydrogen (secondary N) is 1. The molecule has 2 aromatic rings. The Bertz CT molecular complexity index is 646. The van der Waals surface area contributed by atoms with Crippen LogP contribution in [0.2, 0.25) is 0 Å². The molecule has 0 radical (unpaired) electrons. The lowest BCUT2D eigenvalue weighted by molar-refractivity contribution is 0.397. The number of imidazole rings is 1. The van der Waals surface area contributed by atoms with Gasteiger partial charge in [-0.3, -0.25) is 0 Å². The van der Waals surface area contributed by atoms with Crippen LogP contribution in [0.15, 0.2) is 12.1 Å². The van der Waals surface area contributed by atoms with Crippen LogP contribution in [-0.4, -0.2) is 21.6 Å². The van der Waals surface area contributed by atoms with Crippen LogP contribution >= 0.6 is 12.2 Å². The van der Waals surface area contributed by atoms with Crippen LogP contribution in [0.3, 0.4) is 0 Å². The number of nitrogens with zero attached hydrogens (tertiary/aromatic N) is 2. The second kappa shape index (κ2) is 4.96. The van der Waals surface area contributed by atoms with Gasteiger partial charge in [0, 0.05) is 12.6 Å². The number of hydrogen-bond acceptors (Lipinski definition) is 3. The lowest BCUT2D eigenvalue weighted by Crippen LogP contribution is -2.08. The van der Waals surface area contributed by atoms with Gasteiger partial charge in [-0.2, -0.15) is 4.98 Å². The van der Waals surface area contributed by atoms with E-state index in [2.05, 4.69) is 21.5 Å². The summed E-state index contributed by atoms with van der Waals surface area (Å²) in [6.45, 7) is 3.29. The molecule has 2 heterocycles. The van der Waals surface area contributed by atoms with Crippen LogP contribution < -0.4 is 4.74 Å². The molecule has 19 heavy (non-hydrogen) atoms. The first-order valence-electron chi connectivity index (χ1n) is 6.81. The van der Waals surface area contributed by atoms with Crippen molar-refractivity contribution in [1.82, 2.24) is 14.5 Å². The first-order chi connectivity index (χ1) is 9.17. The number of pyridine rings is 1. The molecule has 1 N–H and O–H groups in total. The first-order valence-corrected chi connectivity index (χ1v) is 7.21. The standard InChI is InChI=1S/C14H19N3OS/c1-9-3-4-10(7-9)8-17-13-11(15-14(17)19)5-6-12(16-13)18-2/h5-6,9-10H,3-4,7-8H2,1-2H3,(H,15,19). The lowest BCUT2D eigenvalue weighted by atomic mass is 10.1. The number of aromatic amines is 1.